The van der Waals surface area contributed by atoms with E-state index in [9.17, 15) is 16.8 Å². The van der Waals surface area contributed by atoms with Crippen molar-refractivity contribution in [1.29, 1.82) is 0 Å². The van der Waals surface area contributed by atoms with E-state index in [0.29, 0.717) is 5.69 Å². The topological polar surface area (TPSA) is 92.3 Å². The van der Waals surface area contributed by atoms with Crippen molar-refractivity contribution in [3.63, 3.8) is 0 Å². The molecule has 0 aliphatic carbocycles. The minimum absolute atomic E-state index is 0.0557. The number of anilines is 2. The number of nitrogens with one attached hydrogen (secondary N) is 2. The van der Waals surface area contributed by atoms with Crippen molar-refractivity contribution in [2.45, 2.75) is 16.7 Å². The van der Waals surface area contributed by atoms with Gasteiger partial charge in [0.25, 0.3) is 20.0 Å². The summed E-state index contributed by atoms with van der Waals surface area (Å²) in [5.74, 6) is 0. The normalized spacial score (nSPS) is 11.8. The van der Waals surface area contributed by atoms with Crippen molar-refractivity contribution in [2.75, 3.05) is 9.44 Å². The second-order valence-electron chi connectivity index (χ2n) is 6.06. The highest BCUT2D eigenvalue weighted by atomic mass is 79.9. The van der Waals surface area contributed by atoms with Crippen LogP contribution in [0.5, 0.6) is 0 Å². The summed E-state index contributed by atoms with van der Waals surface area (Å²) in [6.07, 6.45) is 0. The Kier molecular flexibility index (Phi) is 5.78. The second-order valence-corrected chi connectivity index (χ2v) is 10.3. The molecule has 0 heterocycles. The molecule has 3 aromatic carbocycles. The molecule has 28 heavy (non-hydrogen) atoms. The van der Waals surface area contributed by atoms with Gasteiger partial charge in [0.15, 0.2) is 0 Å². The van der Waals surface area contributed by atoms with Crippen LogP contribution < -0.4 is 9.44 Å². The summed E-state index contributed by atoms with van der Waals surface area (Å²) in [4.78, 5) is 0.0496. The number of aryl methyl sites for hydroxylation is 1. The van der Waals surface area contributed by atoms with Gasteiger partial charge >= 0.3 is 0 Å². The Hall–Kier alpha value is -2.36. The van der Waals surface area contributed by atoms with Gasteiger partial charge < -0.3 is 0 Å². The van der Waals surface area contributed by atoms with Crippen LogP contribution in [0, 0.1) is 6.92 Å². The van der Waals surface area contributed by atoms with Crippen LogP contribution in [-0.2, 0) is 20.0 Å². The van der Waals surface area contributed by atoms with Crippen molar-refractivity contribution in [1.82, 2.24) is 0 Å². The molecule has 0 radical (unpaired) electrons. The maximum Gasteiger partial charge on any atom is 0.261 e. The lowest BCUT2D eigenvalue weighted by molar-refractivity contribution is 0.598. The monoisotopic (exact) mass is 480 g/mol. The maximum absolute atomic E-state index is 12.6. The van der Waals surface area contributed by atoms with E-state index in [2.05, 4.69) is 25.4 Å². The van der Waals surface area contributed by atoms with E-state index in [1.807, 2.05) is 0 Å². The average Bonchev–Trinajstić information content (AvgIpc) is 2.63. The third-order valence-electron chi connectivity index (χ3n) is 3.79. The van der Waals surface area contributed by atoms with Gasteiger partial charge in [-0.05, 0) is 67.1 Å². The molecule has 0 atom stereocenters. The quantitative estimate of drug-likeness (QED) is 0.547. The Morgan fingerprint density at radius 2 is 1.21 bits per heavy atom. The van der Waals surface area contributed by atoms with Gasteiger partial charge in [-0.25, -0.2) is 16.8 Å². The molecule has 9 heteroatoms. The molecule has 0 aliphatic heterocycles. The Labute approximate surface area is 172 Å². The summed E-state index contributed by atoms with van der Waals surface area (Å²) in [5.41, 5.74) is 1.35. The van der Waals surface area contributed by atoms with Crippen LogP contribution in [0.25, 0.3) is 0 Å². The molecule has 0 spiro atoms. The van der Waals surface area contributed by atoms with Crippen LogP contribution in [0.1, 0.15) is 5.56 Å². The van der Waals surface area contributed by atoms with Crippen molar-refractivity contribution in [3.8, 4) is 0 Å². The van der Waals surface area contributed by atoms with Gasteiger partial charge in [0.2, 0.25) is 0 Å². The largest absolute Gasteiger partial charge is 0.280 e. The molecule has 6 nitrogen and oxygen atoms in total. The molecular weight excluding hydrogens is 464 g/mol. The zero-order chi connectivity index (χ0) is 20.4. The number of benzene rings is 3. The molecule has 0 saturated carbocycles. The van der Waals surface area contributed by atoms with E-state index in [1.165, 1.54) is 36.4 Å². The van der Waals surface area contributed by atoms with Crippen LogP contribution in [0.3, 0.4) is 0 Å². The molecular formula is C19H17BrN2O4S2. The fourth-order valence-corrected chi connectivity index (χ4v) is 4.98. The highest BCUT2D eigenvalue weighted by Crippen LogP contribution is 2.23. The zero-order valence-corrected chi connectivity index (χ0v) is 18.0. The Morgan fingerprint density at radius 3 is 1.82 bits per heavy atom. The van der Waals surface area contributed by atoms with Crippen molar-refractivity contribution < 1.29 is 16.8 Å². The van der Waals surface area contributed by atoms with Crippen molar-refractivity contribution >= 4 is 47.4 Å². The van der Waals surface area contributed by atoms with E-state index in [4.69, 9.17) is 0 Å². The van der Waals surface area contributed by atoms with Crippen molar-refractivity contribution in [2.24, 2.45) is 0 Å². The summed E-state index contributed by atoms with van der Waals surface area (Å²) >= 11 is 3.29. The molecule has 146 valence electrons. The van der Waals surface area contributed by atoms with Gasteiger partial charge in [0, 0.05) is 10.2 Å². The third kappa shape index (κ3) is 4.92. The number of halogens is 1. The number of hydrogen-bond acceptors (Lipinski definition) is 4. The molecule has 0 aliphatic rings. The van der Waals surface area contributed by atoms with E-state index < -0.39 is 20.0 Å². The second kappa shape index (κ2) is 7.94. The molecule has 0 fully saturated rings. The van der Waals surface area contributed by atoms with Crippen LogP contribution in [-0.4, -0.2) is 16.8 Å². The number of rotatable bonds is 6. The fraction of sp³-hybridized carbons (Fsp3) is 0.0526. The summed E-state index contributed by atoms with van der Waals surface area (Å²) in [7, 11) is -7.71. The highest BCUT2D eigenvalue weighted by Gasteiger charge is 2.18. The number of sulfonamides is 2. The van der Waals surface area contributed by atoms with Crippen molar-refractivity contribution in [3.05, 3.63) is 82.8 Å². The minimum atomic E-state index is -3.88. The molecule has 3 rings (SSSR count). The molecule has 0 aromatic heterocycles. The first-order chi connectivity index (χ1) is 13.2. The van der Waals surface area contributed by atoms with Gasteiger partial charge in [0.1, 0.15) is 0 Å². The fourth-order valence-electron chi connectivity index (χ4n) is 2.46. The molecule has 0 saturated heterocycles. The zero-order valence-electron chi connectivity index (χ0n) is 14.8. The van der Waals surface area contributed by atoms with Gasteiger partial charge in [-0.3, -0.25) is 9.44 Å². The predicted octanol–water partition coefficient (Wildman–Crippen LogP) is 4.36. The predicted molar refractivity (Wildman–Crippen MR) is 113 cm³/mol. The van der Waals surface area contributed by atoms with E-state index in [0.717, 1.165) is 10.0 Å². The summed E-state index contributed by atoms with van der Waals surface area (Å²) < 4.78 is 56.1. The summed E-state index contributed by atoms with van der Waals surface area (Å²) in [6.45, 7) is 1.79. The molecule has 0 amide bonds. The van der Waals surface area contributed by atoms with Crippen LogP contribution in [0.15, 0.2) is 87.1 Å². The SMILES string of the molecule is Cc1cccc(S(=O)(=O)Nc2cccc(S(=O)(=O)Nc3ccc(Br)cc3)c2)c1. The highest BCUT2D eigenvalue weighted by molar-refractivity contribution is 9.10. The molecule has 2 N–H and O–H groups in total. The van der Waals surface area contributed by atoms with E-state index >= 15 is 0 Å². The molecule has 3 aromatic rings. The smallest absolute Gasteiger partial charge is 0.261 e. The first-order valence-electron chi connectivity index (χ1n) is 8.14. The lowest BCUT2D eigenvalue weighted by Crippen LogP contribution is -2.15. The van der Waals surface area contributed by atoms with Crippen LogP contribution >= 0.6 is 15.9 Å². The first kappa shape index (κ1) is 20.4. The third-order valence-corrected chi connectivity index (χ3v) is 7.08. The average molecular weight is 481 g/mol. The van der Waals surface area contributed by atoms with Crippen LogP contribution in [0.4, 0.5) is 11.4 Å². The summed E-state index contributed by atoms with van der Waals surface area (Å²) in [6, 6.07) is 18.7. The van der Waals surface area contributed by atoms with Gasteiger partial charge in [-0.2, -0.15) is 0 Å². The van der Waals surface area contributed by atoms with E-state index in [-0.39, 0.29) is 15.5 Å². The Bertz CT molecular complexity index is 1210. The first-order valence-corrected chi connectivity index (χ1v) is 11.9. The molecule has 0 unspecified atom stereocenters. The van der Waals surface area contributed by atoms with E-state index in [1.54, 1.807) is 43.3 Å². The minimum Gasteiger partial charge on any atom is -0.280 e. The van der Waals surface area contributed by atoms with Gasteiger partial charge in [-0.15, -0.1) is 0 Å². The van der Waals surface area contributed by atoms with Crippen LogP contribution in [0.2, 0.25) is 0 Å². The lowest BCUT2D eigenvalue weighted by atomic mass is 10.2. The lowest BCUT2D eigenvalue weighted by Gasteiger charge is -2.12. The Morgan fingerprint density at radius 1 is 0.679 bits per heavy atom. The summed E-state index contributed by atoms with van der Waals surface area (Å²) in [5, 5.41) is 0. The number of hydrogen-bond donors (Lipinski definition) is 2. The standard InChI is InChI=1S/C19H17BrN2O4S2/c1-14-4-2-6-18(12-14)27(23,24)22-17-5-3-7-19(13-17)28(25,26)21-16-10-8-15(20)9-11-16/h2-13,21-22H,1H3. The maximum atomic E-state index is 12.6. The van der Waals surface area contributed by atoms with Gasteiger partial charge in [0.05, 0.1) is 15.5 Å². The molecule has 0 bridgehead atoms. The van der Waals surface area contributed by atoms with Gasteiger partial charge in [-0.1, -0.05) is 34.1 Å². The Balaban J connectivity index is 1.86.